The van der Waals surface area contributed by atoms with Gasteiger partial charge in [0.15, 0.2) is 0 Å². The fraction of sp³-hybridized carbons (Fsp3) is 0.333. The van der Waals surface area contributed by atoms with Crippen LogP contribution in [0.2, 0.25) is 0 Å². The molecule has 0 radical (unpaired) electrons. The molecule has 1 fully saturated rings. The van der Waals surface area contributed by atoms with Crippen molar-refractivity contribution in [3.63, 3.8) is 0 Å². The van der Waals surface area contributed by atoms with Crippen molar-refractivity contribution in [2.45, 2.75) is 6.42 Å². The molecule has 1 aliphatic heterocycles. The molecule has 8 heteroatoms. The summed E-state index contributed by atoms with van der Waals surface area (Å²) in [5.74, 6) is 0.0844. The van der Waals surface area contributed by atoms with Crippen LogP contribution in [0.1, 0.15) is 5.69 Å². The Morgan fingerprint density at radius 1 is 1.19 bits per heavy atom. The molecule has 1 aromatic carbocycles. The number of aromatic nitrogens is 4. The van der Waals surface area contributed by atoms with Gasteiger partial charge in [-0.15, -0.1) is 0 Å². The van der Waals surface area contributed by atoms with Crippen molar-refractivity contribution in [3.8, 4) is 0 Å². The van der Waals surface area contributed by atoms with Crippen LogP contribution >= 0.6 is 0 Å². The predicted molar refractivity (Wildman–Crippen MR) is 98.1 cm³/mol. The molecule has 3 heterocycles. The lowest BCUT2D eigenvalue weighted by Gasteiger charge is -2.35. The third-order valence-electron chi connectivity index (χ3n) is 4.82. The SMILES string of the molecule is Cn1ncc(N2CCN(C(=O)Cc3[nH]nc4ccccc34)CC2)cc1=O. The molecule has 0 bridgehead atoms. The number of H-pyrrole nitrogens is 1. The van der Waals surface area contributed by atoms with Gasteiger partial charge in [-0.2, -0.15) is 10.2 Å². The van der Waals surface area contributed by atoms with Gasteiger partial charge in [0.1, 0.15) is 0 Å². The van der Waals surface area contributed by atoms with Gasteiger partial charge >= 0.3 is 0 Å². The first-order valence-electron chi connectivity index (χ1n) is 8.60. The van der Waals surface area contributed by atoms with E-state index in [-0.39, 0.29) is 11.5 Å². The van der Waals surface area contributed by atoms with Crippen LogP contribution in [0.5, 0.6) is 0 Å². The van der Waals surface area contributed by atoms with Gasteiger partial charge in [-0.3, -0.25) is 14.7 Å². The predicted octanol–water partition coefficient (Wildman–Crippen LogP) is 0.548. The highest BCUT2D eigenvalue weighted by atomic mass is 16.2. The molecule has 1 N–H and O–H groups in total. The third kappa shape index (κ3) is 3.05. The molecule has 4 rings (SSSR count). The van der Waals surface area contributed by atoms with E-state index in [1.165, 1.54) is 4.68 Å². The van der Waals surface area contributed by atoms with E-state index in [0.717, 1.165) is 22.3 Å². The number of aromatic amines is 1. The number of piperazine rings is 1. The molecule has 1 saturated heterocycles. The number of anilines is 1. The van der Waals surface area contributed by atoms with Gasteiger partial charge in [0.05, 0.1) is 29.5 Å². The number of amides is 1. The van der Waals surface area contributed by atoms with Crippen molar-refractivity contribution < 1.29 is 4.79 Å². The Morgan fingerprint density at radius 2 is 1.96 bits per heavy atom. The summed E-state index contributed by atoms with van der Waals surface area (Å²) >= 11 is 0. The minimum absolute atomic E-state index is 0.0844. The Kier molecular flexibility index (Phi) is 4.16. The van der Waals surface area contributed by atoms with Gasteiger partial charge < -0.3 is 9.80 Å². The monoisotopic (exact) mass is 352 g/mol. The van der Waals surface area contributed by atoms with E-state index in [1.807, 2.05) is 29.2 Å². The van der Waals surface area contributed by atoms with Crippen LogP contribution in [0.3, 0.4) is 0 Å². The number of para-hydroxylation sites is 1. The second-order valence-corrected chi connectivity index (χ2v) is 6.44. The summed E-state index contributed by atoms with van der Waals surface area (Å²) in [7, 11) is 1.63. The Bertz CT molecular complexity index is 1000. The van der Waals surface area contributed by atoms with E-state index >= 15 is 0 Å². The van der Waals surface area contributed by atoms with E-state index in [1.54, 1.807) is 19.3 Å². The fourth-order valence-corrected chi connectivity index (χ4v) is 3.26. The zero-order valence-electron chi connectivity index (χ0n) is 14.6. The van der Waals surface area contributed by atoms with Crippen LogP contribution in [-0.2, 0) is 18.3 Å². The van der Waals surface area contributed by atoms with E-state index < -0.39 is 0 Å². The molecule has 134 valence electrons. The molecule has 26 heavy (non-hydrogen) atoms. The first-order chi connectivity index (χ1) is 12.6. The van der Waals surface area contributed by atoms with Crippen molar-refractivity contribution in [2.75, 3.05) is 31.1 Å². The maximum atomic E-state index is 12.6. The van der Waals surface area contributed by atoms with Gasteiger partial charge in [0, 0.05) is 44.7 Å². The van der Waals surface area contributed by atoms with Crippen LogP contribution in [-0.4, -0.2) is 57.0 Å². The lowest BCUT2D eigenvalue weighted by molar-refractivity contribution is -0.130. The van der Waals surface area contributed by atoms with E-state index in [2.05, 4.69) is 20.2 Å². The topological polar surface area (TPSA) is 87.1 Å². The van der Waals surface area contributed by atoms with Crippen molar-refractivity contribution in [1.29, 1.82) is 0 Å². The van der Waals surface area contributed by atoms with Gasteiger partial charge in [0.2, 0.25) is 5.91 Å². The Labute approximate surface area is 150 Å². The largest absolute Gasteiger partial charge is 0.367 e. The number of rotatable bonds is 3. The summed E-state index contributed by atoms with van der Waals surface area (Å²) in [6.45, 7) is 2.62. The molecule has 0 unspecified atom stereocenters. The average Bonchev–Trinajstić information content (AvgIpc) is 3.07. The number of carbonyl (C=O) groups is 1. The van der Waals surface area contributed by atoms with Gasteiger partial charge in [-0.1, -0.05) is 18.2 Å². The summed E-state index contributed by atoms with van der Waals surface area (Å²) in [4.78, 5) is 28.3. The average molecular weight is 352 g/mol. The highest BCUT2D eigenvalue weighted by Gasteiger charge is 2.23. The molecule has 0 saturated carbocycles. The minimum atomic E-state index is -0.132. The summed E-state index contributed by atoms with van der Waals surface area (Å²) in [6.07, 6.45) is 2.00. The molecule has 0 aliphatic carbocycles. The van der Waals surface area contributed by atoms with Crippen LogP contribution < -0.4 is 10.5 Å². The second kappa shape index (κ2) is 6.62. The maximum Gasteiger partial charge on any atom is 0.268 e. The number of hydrogen-bond donors (Lipinski definition) is 1. The van der Waals surface area contributed by atoms with Gasteiger partial charge in [-0.05, 0) is 6.07 Å². The first kappa shape index (κ1) is 16.3. The normalized spacial score (nSPS) is 14.8. The van der Waals surface area contributed by atoms with Crippen LogP contribution in [0.25, 0.3) is 10.9 Å². The van der Waals surface area contributed by atoms with Crippen LogP contribution in [0, 0.1) is 0 Å². The molecule has 2 aromatic heterocycles. The molecule has 0 spiro atoms. The number of hydrogen-bond acceptors (Lipinski definition) is 5. The number of aryl methyl sites for hydroxylation is 1. The van der Waals surface area contributed by atoms with E-state index in [0.29, 0.717) is 32.6 Å². The number of fused-ring (bicyclic) bond motifs is 1. The summed E-state index contributed by atoms with van der Waals surface area (Å²) in [5.41, 5.74) is 2.40. The molecular formula is C18H20N6O2. The zero-order chi connectivity index (χ0) is 18.1. The standard InChI is InChI=1S/C18H20N6O2/c1-22-17(25)10-13(12-19-22)23-6-8-24(9-7-23)18(26)11-16-14-4-2-3-5-15(14)20-21-16/h2-5,10,12H,6-9,11H2,1H3,(H,20,21). The van der Waals surface area contributed by atoms with Gasteiger partial charge in [0.25, 0.3) is 5.56 Å². The Hall–Kier alpha value is -3.16. The molecule has 1 aliphatic rings. The smallest absolute Gasteiger partial charge is 0.268 e. The molecule has 8 nitrogen and oxygen atoms in total. The highest BCUT2D eigenvalue weighted by molar-refractivity contribution is 5.87. The first-order valence-corrected chi connectivity index (χ1v) is 8.60. The number of benzene rings is 1. The maximum absolute atomic E-state index is 12.6. The van der Waals surface area contributed by atoms with Crippen molar-refractivity contribution in [2.24, 2.45) is 7.05 Å². The zero-order valence-corrected chi connectivity index (χ0v) is 14.6. The number of nitrogens with zero attached hydrogens (tertiary/aromatic N) is 5. The Balaban J connectivity index is 1.40. The molecule has 0 atom stereocenters. The summed E-state index contributed by atoms with van der Waals surface area (Å²) in [5, 5.41) is 12.3. The summed E-state index contributed by atoms with van der Waals surface area (Å²) in [6, 6.07) is 9.36. The van der Waals surface area contributed by atoms with Gasteiger partial charge in [-0.25, -0.2) is 4.68 Å². The van der Waals surface area contributed by atoms with Crippen molar-refractivity contribution >= 4 is 22.5 Å². The molecular weight excluding hydrogens is 332 g/mol. The molecule has 1 amide bonds. The van der Waals surface area contributed by atoms with E-state index in [9.17, 15) is 9.59 Å². The third-order valence-corrected chi connectivity index (χ3v) is 4.82. The lowest BCUT2D eigenvalue weighted by atomic mass is 10.1. The number of carbonyl (C=O) groups excluding carboxylic acids is 1. The molecule has 3 aromatic rings. The van der Waals surface area contributed by atoms with Crippen LogP contribution in [0.4, 0.5) is 5.69 Å². The van der Waals surface area contributed by atoms with Crippen molar-refractivity contribution in [1.82, 2.24) is 24.9 Å². The minimum Gasteiger partial charge on any atom is -0.367 e. The van der Waals surface area contributed by atoms with E-state index in [4.69, 9.17) is 0 Å². The lowest BCUT2D eigenvalue weighted by Crippen LogP contribution is -2.49. The number of nitrogens with one attached hydrogen (secondary N) is 1. The Morgan fingerprint density at radius 3 is 2.73 bits per heavy atom. The second-order valence-electron chi connectivity index (χ2n) is 6.44. The fourth-order valence-electron chi connectivity index (χ4n) is 3.26. The van der Waals surface area contributed by atoms with Crippen LogP contribution in [0.15, 0.2) is 41.3 Å². The summed E-state index contributed by atoms with van der Waals surface area (Å²) < 4.78 is 1.30. The van der Waals surface area contributed by atoms with Crippen molar-refractivity contribution in [3.05, 3.63) is 52.6 Å². The quantitative estimate of drug-likeness (QED) is 0.744. The highest BCUT2D eigenvalue weighted by Crippen LogP contribution is 2.17.